The minimum absolute atomic E-state index is 0. The van der Waals surface area contributed by atoms with Crippen molar-refractivity contribution >= 4 is 40.0 Å². The Labute approximate surface area is 187 Å². The number of aliphatic imine (C=N–C) groups is 1. The van der Waals surface area contributed by atoms with Gasteiger partial charge in [-0.25, -0.2) is 13.1 Å². The molecule has 0 fully saturated rings. The second kappa shape index (κ2) is 14.1. The van der Waals surface area contributed by atoms with Crippen LogP contribution < -0.4 is 15.4 Å². The number of benzene rings is 1. The van der Waals surface area contributed by atoms with Gasteiger partial charge < -0.3 is 15.5 Å². The fourth-order valence-electron chi connectivity index (χ4n) is 2.79. The quantitative estimate of drug-likeness (QED) is 0.235. The molecule has 1 aromatic carbocycles. The van der Waals surface area contributed by atoms with E-state index in [1.807, 2.05) is 6.07 Å². The minimum Gasteiger partial charge on any atom is -0.354 e. The predicted molar refractivity (Wildman–Crippen MR) is 128 cm³/mol. The van der Waals surface area contributed by atoms with Crippen LogP contribution in [0.4, 0.5) is 0 Å². The maximum Gasteiger partial charge on any atom is 0.240 e. The van der Waals surface area contributed by atoms with Crippen molar-refractivity contribution in [1.29, 1.82) is 0 Å². The van der Waals surface area contributed by atoms with E-state index in [0.29, 0.717) is 18.5 Å². The maximum atomic E-state index is 11.9. The third kappa shape index (κ3) is 9.53. The van der Waals surface area contributed by atoms with Gasteiger partial charge in [0.25, 0.3) is 0 Å². The van der Waals surface area contributed by atoms with Crippen molar-refractivity contribution in [3.8, 4) is 0 Å². The lowest BCUT2D eigenvalue weighted by molar-refractivity contribution is 0.292. The topological polar surface area (TPSA) is 85.8 Å². The van der Waals surface area contributed by atoms with Gasteiger partial charge in [0.05, 0.1) is 4.90 Å². The van der Waals surface area contributed by atoms with Gasteiger partial charge in [0.2, 0.25) is 10.0 Å². The highest BCUT2D eigenvalue weighted by atomic mass is 127. The Kier molecular flexibility index (Phi) is 13.7. The van der Waals surface area contributed by atoms with Crippen LogP contribution in [0.15, 0.2) is 34.2 Å². The number of rotatable bonds is 11. The summed E-state index contributed by atoms with van der Waals surface area (Å²) < 4.78 is 26.2. The van der Waals surface area contributed by atoms with Gasteiger partial charge >= 0.3 is 0 Å². The Hall–Kier alpha value is -0.910. The number of hydrogen-bond donors (Lipinski definition) is 3. The van der Waals surface area contributed by atoms with E-state index in [2.05, 4.69) is 46.0 Å². The molecule has 3 N–H and O–H groups in total. The average molecular weight is 526 g/mol. The molecule has 0 aliphatic carbocycles. The lowest BCUT2D eigenvalue weighted by atomic mass is 10.2. The molecule has 0 amide bonds. The highest BCUT2D eigenvalue weighted by Gasteiger charge is 2.12. The summed E-state index contributed by atoms with van der Waals surface area (Å²) in [5.74, 6) is 0.715. The number of nitrogens with one attached hydrogen (secondary N) is 3. The zero-order valence-electron chi connectivity index (χ0n) is 17.7. The first-order chi connectivity index (χ1) is 12.9. The van der Waals surface area contributed by atoms with Gasteiger partial charge in [-0.1, -0.05) is 26.0 Å². The Morgan fingerprint density at radius 3 is 2.50 bits per heavy atom. The fraction of sp³-hybridized carbons (Fsp3) is 0.632. The number of nitrogens with zero attached hydrogens (tertiary/aromatic N) is 2. The van der Waals surface area contributed by atoms with Crippen LogP contribution in [0.2, 0.25) is 0 Å². The van der Waals surface area contributed by atoms with E-state index >= 15 is 0 Å². The second-order valence-electron chi connectivity index (χ2n) is 6.50. The molecule has 0 saturated carbocycles. The molecule has 28 heavy (non-hydrogen) atoms. The highest BCUT2D eigenvalue weighted by molar-refractivity contribution is 14.0. The maximum absolute atomic E-state index is 11.9. The van der Waals surface area contributed by atoms with Crippen LogP contribution in [0.25, 0.3) is 0 Å². The molecule has 162 valence electrons. The molecule has 1 atom stereocenters. The molecule has 1 rings (SSSR count). The summed E-state index contributed by atoms with van der Waals surface area (Å²) in [7, 11) is -0.287. The van der Waals surface area contributed by atoms with Crippen molar-refractivity contribution in [3.63, 3.8) is 0 Å². The first-order valence-electron chi connectivity index (χ1n) is 9.58. The average Bonchev–Trinajstić information content (AvgIpc) is 2.68. The van der Waals surface area contributed by atoms with Crippen molar-refractivity contribution in [2.24, 2.45) is 4.99 Å². The summed E-state index contributed by atoms with van der Waals surface area (Å²) >= 11 is 0. The summed E-state index contributed by atoms with van der Waals surface area (Å²) in [5, 5.41) is 6.64. The lowest BCUT2D eigenvalue weighted by Gasteiger charge is -2.21. The molecule has 0 heterocycles. The van der Waals surface area contributed by atoms with Gasteiger partial charge in [0.15, 0.2) is 5.96 Å². The van der Waals surface area contributed by atoms with Crippen LogP contribution >= 0.6 is 24.0 Å². The molecule has 7 nitrogen and oxygen atoms in total. The molecule has 9 heteroatoms. The predicted octanol–water partition coefficient (Wildman–Crippen LogP) is 2.39. The number of sulfonamides is 1. The van der Waals surface area contributed by atoms with Crippen LogP contribution in [0.3, 0.4) is 0 Å². The molecule has 0 spiro atoms. The van der Waals surface area contributed by atoms with Gasteiger partial charge in [0.1, 0.15) is 0 Å². The summed E-state index contributed by atoms with van der Waals surface area (Å²) in [4.78, 5) is 6.94. The second-order valence-corrected chi connectivity index (χ2v) is 8.38. The summed E-state index contributed by atoms with van der Waals surface area (Å²) in [6, 6.07) is 7.19. The zero-order valence-corrected chi connectivity index (χ0v) is 20.8. The highest BCUT2D eigenvalue weighted by Crippen LogP contribution is 2.11. The monoisotopic (exact) mass is 525 g/mol. The van der Waals surface area contributed by atoms with Gasteiger partial charge in [-0.05, 0) is 64.1 Å². The van der Waals surface area contributed by atoms with E-state index in [9.17, 15) is 8.42 Å². The number of guanidine groups is 1. The molecule has 0 aromatic heterocycles. The Balaban J connectivity index is 0.00000729. The Morgan fingerprint density at radius 1 is 1.25 bits per heavy atom. The van der Waals surface area contributed by atoms with Gasteiger partial charge in [-0.15, -0.1) is 24.0 Å². The largest absolute Gasteiger partial charge is 0.354 e. The van der Waals surface area contributed by atoms with Crippen LogP contribution in [-0.4, -0.2) is 59.0 Å². The van der Waals surface area contributed by atoms with Crippen molar-refractivity contribution < 1.29 is 8.42 Å². The summed E-state index contributed by atoms with van der Waals surface area (Å²) in [6.07, 6.45) is 2.20. The van der Waals surface area contributed by atoms with Crippen molar-refractivity contribution in [2.75, 3.05) is 33.7 Å². The molecule has 0 saturated heterocycles. The first-order valence-corrected chi connectivity index (χ1v) is 11.1. The lowest BCUT2D eigenvalue weighted by Crippen LogP contribution is -2.42. The number of halogens is 1. The molecule has 0 aliphatic rings. The first kappa shape index (κ1) is 27.1. The van der Waals surface area contributed by atoms with Gasteiger partial charge in [-0.2, -0.15) is 0 Å². The van der Waals surface area contributed by atoms with Crippen molar-refractivity contribution in [3.05, 3.63) is 29.8 Å². The number of hydrogen-bond acceptors (Lipinski definition) is 4. The molecular weight excluding hydrogens is 489 g/mol. The molecule has 0 aliphatic heterocycles. The smallest absolute Gasteiger partial charge is 0.240 e. The standard InChI is InChI=1S/C19H35N5O2S.HI/c1-6-24(7-2)13-9-10-16(3)23-19(20-4)22-15-17-11-8-12-18(14-17)27(25,26)21-5;/h8,11-12,14,16,21H,6-7,9-10,13,15H2,1-5H3,(H2,20,22,23);1H. The molecule has 0 radical (unpaired) electrons. The molecule has 0 bridgehead atoms. The van der Waals surface area contributed by atoms with E-state index < -0.39 is 10.0 Å². The van der Waals surface area contributed by atoms with Gasteiger partial charge in [-0.3, -0.25) is 4.99 Å². The summed E-state index contributed by atoms with van der Waals surface area (Å²) in [5.41, 5.74) is 0.878. The van der Waals surface area contributed by atoms with Crippen molar-refractivity contribution in [1.82, 2.24) is 20.3 Å². The van der Waals surface area contributed by atoms with E-state index in [-0.39, 0.29) is 28.9 Å². The van der Waals surface area contributed by atoms with E-state index in [4.69, 9.17) is 0 Å². The zero-order chi connectivity index (χ0) is 20.3. The Bertz CT molecular complexity index is 693. The molecule has 1 unspecified atom stereocenters. The third-order valence-electron chi connectivity index (χ3n) is 4.55. The van der Waals surface area contributed by atoms with Crippen LogP contribution in [0, 0.1) is 0 Å². The van der Waals surface area contributed by atoms with Crippen LogP contribution in [0.5, 0.6) is 0 Å². The summed E-state index contributed by atoms with van der Waals surface area (Å²) in [6.45, 7) is 10.3. The normalized spacial score (nSPS) is 13.1. The van der Waals surface area contributed by atoms with E-state index in [1.54, 1.807) is 25.2 Å². The Morgan fingerprint density at radius 2 is 1.93 bits per heavy atom. The van der Waals surface area contributed by atoms with Gasteiger partial charge in [0, 0.05) is 19.6 Å². The SMILES string of the molecule is CCN(CC)CCCC(C)NC(=NC)NCc1cccc(S(=O)(=O)NC)c1.I. The minimum atomic E-state index is -3.43. The fourth-order valence-corrected chi connectivity index (χ4v) is 3.59. The molecular formula is C19H36IN5O2S. The van der Waals surface area contributed by atoms with E-state index in [1.165, 1.54) is 7.05 Å². The van der Waals surface area contributed by atoms with Crippen molar-refractivity contribution in [2.45, 2.75) is 51.1 Å². The third-order valence-corrected chi connectivity index (χ3v) is 5.96. The van der Waals surface area contributed by atoms with Crippen LogP contribution in [-0.2, 0) is 16.6 Å². The van der Waals surface area contributed by atoms with Crippen LogP contribution in [0.1, 0.15) is 39.2 Å². The molecule has 1 aromatic rings. The van der Waals surface area contributed by atoms with E-state index in [0.717, 1.165) is 38.0 Å².